The molecule has 144 valence electrons. The molecule has 1 aliphatic rings. The number of nitrogens with zero attached hydrogens (tertiary/aromatic N) is 3. The van der Waals surface area contributed by atoms with E-state index in [1.807, 2.05) is 23.2 Å². The van der Waals surface area contributed by atoms with Crippen LogP contribution in [-0.4, -0.2) is 61.6 Å². The maximum Gasteiger partial charge on any atom is 0.200 e. The lowest BCUT2D eigenvalue weighted by molar-refractivity contribution is 0.131. The molecule has 6 nitrogen and oxygen atoms in total. The van der Waals surface area contributed by atoms with Gasteiger partial charge in [0, 0.05) is 43.3 Å². The molecule has 1 heterocycles. The Hall–Kier alpha value is -2.44. The largest absolute Gasteiger partial charge is 0.502 e. The van der Waals surface area contributed by atoms with Crippen LogP contribution in [0.2, 0.25) is 5.02 Å². The highest BCUT2D eigenvalue weighted by Gasteiger charge is 2.16. The number of aromatic hydroxyl groups is 1. The Morgan fingerprint density at radius 3 is 2.30 bits per heavy atom. The van der Waals surface area contributed by atoms with Crippen molar-refractivity contribution in [3.05, 3.63) is 52.5 Å². The average Bonchev–Trinajstić information content (AvgIpc) is 2.70. The number of benzene rings is 2. The molecule has 0 atom stereocenters. The molecule has 1 aliphatic heterocycles. The fraction of sp³-hybridized carbons (Fsp3) is 0.350. The van der Waals surface area contributed by atoms with Crippen molar-refractivity contribution in [3.63, 3.8) is 0 Å². The zero-order valence-corrected chi connectivity index (χ0v) is 16.3. The summed E-state index contributed by atoms with van der Waals surface area (Å²) >= 11 is 6.25. The van der Waals surface area contributed by atoms with Crippen molar-refractivity contribution in [2.24, 2.45) is 5.10 Å². The van der Waals surface area contributed by atoms with Crippen LogP contribution in [0.15, 0.2) is 41.5 Å². The SMILES string of the molecule is COc1cc(C=NN2CCN(Cc3ccccc3Cl)CC2)cc(OC)c1O. The Balaban J connectivity index is 1.58. The summed E-state index contributed by atoms with van der Waals surface area (Å²) in [6.07, 6.45) is 1.76. The van der Waals surface area contributed by atoms with E-state index in [0.29, 0.717) is 11.5 Å². The van der Waals surface area contributed by atoms with Gasteiger partial charge in [0.2, 0.25) is 5.75 Å². The van der Waals surface area contributed by atoms with Crippen LogP contribution in [0.25, 0.3) is 0 Å². The maximum absolute atomic E-state index is 9.98. The van der Waals surface area contributed by atoms with Gasteiger partial charge in [-0.1, -0.05) is 29.8 Å². The first kappa shape index (κ1) is 19.3. The Labute approximate surface area is 164 Å². The van der Waals surface area contributed by atoms with E-state index in [0.717, 1.165) is 48.9 Å². The van der Waals surface area contributed by atoms with E-state index < -0.39 is 0 Å². The van der Waals surface area contributed by atoms with Crippen LogP contribution in [-0.2, 0) is 6.54 Å². The first-order chi connectivity index (χ1) is 13.1. The number of methoxy groups -OCH3 is 2. The van der Waals surface area contributed by atoms with Crippen LogP contribution >= 0.6 is 11.6 Å². The van der Waals surface area contributed by atoms with Gasteiger partial charge in [0.15, 0.2) is 11.5 Å². The predicted molar refractivity (Wildman–Crippen MR) is 107 cm³/mol. The molecule has 0 saturated carbocycles. The minimum Gasteiger partial charge on any atom is -0.502 e. The molecule has 1 saturated heterocycles. The fourth-order valence-corrected chi connectivity index (χ4v) is 3.21. The van der Waals surface area contributed by atoms with E-state index >= 15 is 0 Å². The second-order valence-electron chi connectivity index (χ2n) is 6.34. The van der Waals surface area contributed by atoms with E-state index in [-0.39, 0.29) is 5.75 Å². The smallest absolute Gasteiger partial charge is 0.200 e. The summed E-state index contributed by atoms with van der Waals surface area (Å²) in [6.45, 7) is 4.37. The van der Waals surface area contributed by atoms with Crippen molar-refractivity contribution in [2.75, 3.05) is 40.4 Å². The first-order valence-electron chi connectivity index (χ1n) is 8.80. The van der Waals surface area contributed by atoms with Gasteiger partial charge < -0.3 is 14.6 Å². The van der Waals surface area contributed by atoms with Crippen LogP contribution in [0.5, 0.6) is 17.2 Å². The average molecular weight is 390 g/mol. The van der Waals surface area contributed by atoms with E-state index in [1.165, 1.54) is 14.2 Å². The van der Waals surface area contributed by atoms with E-state index in [1.54, 1.807) is 18.3 Å². The lowest BCUT2D eigenvalue weighted by atomic mass is 10.2. The third-order valence-electron chi connectivity index (χ3n) is 4.57. The number of hydrogen-bond donors (Lipinski definition) is 1. The summed E-state index contributed by atoms with van der Waals surface area (Å²) in [7, 11) is 3.02. The molecule has 27 heavy (non-hydrogen) atoms. The molecule has 1 N–H and O–H groups in total. The highest BCUT2D eigenvalue weighted by molar-refractivity contribution is 6.31. The fourth-order valence-electron chi connectivity index (χ4n) is 3.02. The minimum atomic E-state index is -0.00895. The molecule has 2 aromatic rings. The summed E-state index contributed by atoms with van der Waals surface area (Å²) in [4.78, 5) is 2.37. The Morgan fingerprint density at radius 2 is 1.70 bits per heavy atom. The van der Waals surface area contributed by atoms with Gasteiger partial charge in [0.25, 0.3) is 0 Å². The molecule has 0 bridgehead atoms. The third-order valence-corrected chi connectivity index (χ3v) is 4.94. The number of rotatable bonds is 6. The molecule has 1 fully saturated rings. The van der Waals surface area contributed by atoms with Gasteiger partial charge in [-0.25, -0.2) is 0 Å². The van der Waals surface area contributed by atoms with Gasteiger partial charge in [0.05, 0.1) is 20.4 Å². The molecular weight excluding hydrogens is 366 g/mol. The van der Waals surface area contributed by atoms with Crippen LogP contribution < -0.4 is 9.47 Å². The normalized spacial score (nSPS) is 15.3. The number of phenolic OH excluding ortho intramolecular Hbond substituents is 1. The molecule has 0 radical (unpaired) electrons. The van der Waals surface area contributed by atoms with Crippen molar-refractivity contribution in [1.29, 1.82) is 0 Å². The molecule has 0 unspecified atom stereocenters. The molecule has 7 heteroatoms. The number of hydrogen-bond acceptors (Lipinski definition) is 6. The van der Waals surface area contributed by atoms with Crippen LogP contribution in [0, 0.1) is 0 Å². The third kappa shape index (κ3) is 4.84. The van der Waals surface area contributed by atoms with Crippen LogP contribution in [0.3, 0.4) is 0 Å². The Morgan fingerprint density at radius 1 is 1.07 bits per heavy atom. The van der Waals surface area contributed by atoms with Crippen molar-refractivity contribution in [2.45, 2.75) is 6.54 Å². The molecule has 0 spiro atoms. The lowest BCUT2D eigenvalue weighted by Crippen LogP contribution is -2.43. The topological polar surface area (TPSA) is 57.5 Å². The van der Waals surface area contributed by atoms with Gasteiger partial charge in [-0.3, -0.25) is 9.91 Å². The second-order valence-corrected chi connectivity index (χ2v) is 6.75. The second kappa shape index (κ2) is 8.97. The number of hydrazone groups is 1. The first-order valence-corrected chi connectivity index (χ1v) is 9.18. The predicted octanol–water partition coefficient (Wildman–Crippen LogP) is 3.21. The molecule has 0 aliphatic carbocycles. The summed E-state index contributed by atoms with van der Waals surface area (Å²) in [5.41, 5.74) is 1.96. The quantitative estimate of drug-likeness (QED) is 0.769. The minimum absolute atomic E-state index is 0.00895. The number of piperazine rings is 1. The summed E-state index contributed by atoms with van der Waals surface area (Å²) < 4.78 is 10.4. The van der Waals surface area contributed by atoms with E-state index in [9.17, 15) is 5.11 Å². The van der Waals surface area contributed by atoms with Gasteiger partial charge >= 0.3 is 0 Å². The van der Waals surface area contributed by atoms with Gasteiger partial charge in [-0.15, -0.1) is 0 Å². The van der Waals surface area contributed by atoms with Crippen LogP contribution in [0.4, 0.5) is 0 Å². The number of ether oxygens (including phenoxy) is 2. The number of halogens is 1. The monoisotopic (exact) mass is 389 g/mol. The highest BCUT2D eigenvalue weighted by Crippen LogP contribution is 2.36. The van der Waals surface area contributed by atoms with Crippen LogP contribution in [0.1, 0.15) is 11.1 Å². The van der Waals surface area contributed by atoms with Gasteiger partial charge in [-0.2, -0.15) is 5.10 Å². The Bertz CT molecular complexity index is 780. The summed E-state index contributed by atoms with van der Waals surface area (Å²) in [5, 5.41) is 17.4. The lowest BCUT2D eigenvalue weighted by Gasteiger charge is -2.33. The maximum atomic E-state index is 9.98. The zero-order valence-electron chi connectivity index (χ0n) is 15.6. The Kier molecular flexibility index (Phi) is 6.42. The van der Waals surface area contributed by atoms with Crippen molar-refractivity contribution in [1.82, 2.24) is 9.91 Å². The van der Waals surface area contributed by atoms with Gasteiger partial charge in [-0.05, 0) is 23.8 Å². The van der Waals surface area contributed by atoms with Crippen molar-refractivity contribution >= 4 is 17.8 Å². The van der Waals surface area contributed by atoms with Gasteiger partial charge in [0.1, 0.15) is 0 Å². The highest BCUT2D eigenvalue weighted by atomic mass is 35.5. The van der Waals surface area contributed by atoms with Crippen molar-refractivity contribution < 1.29 is 14.6 Å². The molecular formula is C20H24ClN3O3. The zero-order chi connectivity index (χ0) is 19.2. The number of phenols is 1. The summed E-state index contributed by atoms with van der Waals surface area (Å²) in [6, 6.07) is 11.4. The van der Waals surface area contributed by atoms with Crippen molar-refractivity contribution in [3.8, 4) is 17.2 Å². The molecule has 0 aromatic heterocycles. The summed E-state index contributed by atoms with van der Waals surface area (Å²) in [5.74, 6) is 0.714. The standard InChI is InChI=1S/C20H24ClN3O3/c1-26-18-11-15(12-19(27-2)20(18)25)13-22-24-9-7-23(8-10-24)14-16-5-3-4-6-17(16)21/h3-6,11-13,25H,7-10,14H2,1-2H3. The molecule has 2 aromatic carbocycles. The van der Waals surface area contributed by atoms with E-state index in [4.69, 9.17) is 21.1 Å². The molecule has 0 amide bonds. The van der Waals surface area contributed by atoms with E-state index in [2.05, 4.69) is 16.1 Å². The molecule has 3 rings (SSSR count).